The molecule has 3 atom stereocenters. The number of carbonyl (C=O) groups is 3. The fourth-order valence-corrected chi connectivity index (χ4v) is 4.67. The van der Waals surface area contributed by atoms with Gasteiger partial charge >= 0.3 is 24.3 Å². The summed E-state index contributed by atoms with van der Waals surface area (Å²) in [6, 6.07) is 15.5. The minimum Gasteiger partial charge on any atom is -0.475 e. The first kappa shape index (κ1) is 39.2. The number of hydrogen-bond donors (Lipinski definition) is 4. The molecule has 2 unspecified atom stereocenters. The first-order valence-electron chi connectivity index (χ1n) is 14.1. The van der Waals surface area contributed by atoms with Gasteiger partial charge in [0.15, 0.2) is 0 Å². The minimum atomic E-state index is -5.08. The van der Waals surface area contributed by atoms with E-state index in [1.54, 1.807) is 19.6 Å². The number of piperazine rings is 1. The Kier molecular flexibility index (Phi) is 14.1. The van der Waals surface area contributed by atoms with Crippen LogP contribution in [0, 0.1) is 25.2 Å². The van der Waals surface area contributed by atoms with Crippen LogP contribution < -0.4 is 10.2 Å². The molecule has 1 amide bonds. The zero-order chi connectivity index (χ0) is 36.2. The molecule has 1 fully saturated rings. The molecule has 1 aliphatic heterocycles. The van der Waals surface area contributed by atoms with E-state index < -0.39 is 30.3 Å². The number of hydrogen-bond acceptors (Lipinski definition) is 7. The number of benzene rings is 2. The molecule has 1 aliphatic rings. The van der Waals surface area contributed by atoms with E-state index in [1.807, 2.05) is 41.3 Å². The van der Waals surface area contributed by atoms with E-state index in [0.717, 1.165) is 34.5 Å². The molecular formula is C31H33F6N5O6. The van der Waals surface area contributed by atoms with E-state index >= 15 is 0 Å². The Morgan fingerprint density at radius 3 is 2.12 bits per heavy atom. The monoisotopic (exact) mass is 685 g/mol. The van der Waals surface area contributed by atoms with Gasteiger partial charge in [0.2, 0.25) is 5.91 Å². The quantitative estimate of drug-likeness (QED) is 0.241. The molecule has 11 nitrogen and oxygen atoms in total. The number of amides is 1. The van der Waals surface area contributed by atoms with Crippen molar-refractivity contribution in [2.45, 2.75) is 57.0 Å². The Hall–Kier alpha value is -4.95. The van der Waals surface area contributed by atoms with Gasteiger partial charge in [-0.25, -0.2) is 14.6 Å². The second-order valence-electron chi connectivity index (χ2n) is 10.5. The van der Waals surface area contributed by atoms with Crippen molar-refractivity contribution in [1.29, 1.82) is 5.26 Å². The summed E-state index contributed by atoms with van der Waals surface area (Å²) in [5, 5.41) is 27.0. The number of halogens is 6. The van der Waals surface area contributed by atoms with Crippen molar-refractivity contribution in [3.63, 3.8) is 0 Å². The summed E-state index contributed by atoms with van der Waals surface area (Å²) >= 11 is 0. The number of anilines is 1. The topological polar surface area (TPSA) is 169 Å². The summed E-state index contributed by atoms with van der Waals surface area (Å²) in [6.45, 7) is 5.35. The SMILES string of the molecule is COCC[C@H]1CN(c2cccc(C)c2C)C(=O)C(C(Cc2ccc(C#N)cc2)c2cnc[nH]2)N1.O=C(O)C(F)(F)F.O=C(O)C(F)(F)F. The second-order valence-corrected chi connectivity index (χ2v) is 10.5. The third-order valence-corrected chi connectivity index (χ3v) is 7.23. The van der Waals surface area contributed by atoms with Gasteiger partial charge in [-0.05, 0) is 61.6 Å². The number of aliphatic carboxylic acids is 2. The Balaban J connectivity index is 0.000000479. The maximum atomic E-state index is 14.0. The number of carbonyl (C=O) groups excluding carboxylic acids is 1. The highest BCUT2D eigenvalue weighted by molar-refractivity contribution is 5.99. The van der Waals surface area contributed by atoms with Crippen molar-refractivity contribution in [2.24, 2.45) is 0 Å². The van der Waals surface area contributed by atoms with Gasteiger partial charge < -0.3 is 30.2 Å². The number of nitrogens with zero attached hydrogens (tertiary/aromatic N) is 3. The highest BCUT2D eigenvalue weighted by Crippen LogP contribution is 2.31. The Morgan fingerprint density at radius 2 is 1.65 bits per heavy atom. The van der Waals surface area contributed by atoms with Crippen LogP contribution >= 0.6 is 0 Å². The van der Waals surface area contributed by atoms with Crippen LogP contribution in [-0.4, -0.2) is 82.7 Å². The van der Waals surface area contributed by atoms with Crippen molar-refractivity contribution in [2.75, 3.05) is 25.2 Å². The number of aromatic amines is 1. The summed E-state index contributed by atoms with van der Waals surface area (Å²) in [6.07, 6.45) is -5.28. The van der Waals surface area contributed by atoms with Crippen LogP contribution in [0.5, 0.6) is 0 Å². The molecule has 4 rings (SSSR count). The lowest BCUT2D eigenvalue weighted by Crippen LogP contribution is -2.62. The number of ether oxygens (including phenoxy) is 1. The minimum absolute atomic E-state index is 0.0515. The van der Waals surface area contributed by atoms with Crippen LogP contribution in [0.15, 0.2) is 55.0 Å². The molecule has 17 heteroatoms. The van der Waals surface area contributed by atoms with Gasteiger partial charge in [0, 0.05) is 49.8 Å². The maximum Gasteiger partial charge on any atom is 0.490 e. The molecule has 0 radical (unpaired) electrons. The molecule has 260 valence electrons. The van der Waals surface area contributed by atoms with Gasteiger partial charge in [-0.1, -0.05) is 24.3 Å². The standard InChI is InChI=1S/C27H31N5O2.2C2HF3O2/c1-18-5-4-6-25(19(18)2)32-16-22(11-12-34-3)31-26(27(32)33)23(24-15-29-17-30-24)13-20-7-9-21(14-28)10-8-20;2*3-2(4,5)1(6)7/h4-10,15,17,22-23,26,31H,11-13,16H2,1-3H3,(H,29,30);2*(H,6,7)/t22-,23?,26?;;/m0../s1. The van der Waals surface area contributed by atoms with Crippen molar-refractivity contribution < 1.29 is 55.7 Å². The van der Waals surface area contributed by atoms with Crippen molar-refractivity contribution in [1.82, 2.24) is 15.3 Å². The van der Waals surface area contributed by atoms with Crippen LogP contribution in [0.1, 0.15) is 40.3 Å². The third-order valence-electron chi connectivity index (χ3n) is 7.23. The largest absolute Gasteiger partial charge is 0.490 e. The van der Waals surface area contributed by atoms with E-state index in [4.69, 9.17) is 29.8 Å². The Bertz CT molecular complexity index is 1530. The number of carboxylic acid groups (broad SMARTS) is 2. The summed E-state index contributed by atoms with van der Waals surface area (Å²) in [5.41, 5.74) is 5.83. The number of aromatic nitrogens is 2. The number of carboxylic acids is 2. The fraction of sp³-hybridized carbons (Fsp3) is 0.387. The lowest BCUT2D eigenvalue weighted by Gasteiger charge is -2.42. The van der Waals surface area contributed by atoms with Gasteiger partial charge in [-0.3, -0.25) is 4.79 Å². The van der Waals surface area contributed by atoms with E-state index in [-0.39, 0.29) is 17.9 Å². The van der Waals surface area contributed by atoms with Gasteiger partial charge in [-0.15, -0.1) is 0 Å². The predicted molar refractivity (Wildman–Crippen MR) is 159 cm³/mol. The van der Waals surface area contributed by atoms with Crippen LogP contribution in [0.3, 0.4) is 0 Å². The summed E-state index contributed by atoms with van der Waals surface area (Å²) in [4.78, 5) is 41.2. The highest BCUT2D eigenvalue weighted by atomic mass is 19.4. The first-order valence-corrected chi connectivity index (χ1v) is 14.1. The third kappa shape index (κ3) is 11.4. The zero-order valence-corrected chi connectivity index (χ0v) is 25.9. The molecule has 0 spiro atoms. The van der Waals surface area contributed by atoms with E-state index in [1.165, 1.54) is 0 Å². The zero-order valence-electron chi connectivity index (χ0n) is 25.9. The van der Waals surface area contributed by atoms with E-state index in [0.29, 0.717) is 25.1 Å². The number of methoxy groups -OCH3 is 1. The van der Waals surface area contributed by atoms with Crippen molar-refractivity contribution >= 4 is 23.5 Å². The molecule has 48 heavy (non-hydrogen) atoms. The van der Waals surface area contributed by atoms with Crippen LogP contribution in [0.2, 0.25) is 0 Å². The highest BCUT2D eigenvalue weighted by Gasteiger charge is 2.41. The summed E-state index contributed by atoms with van der Waals surface area (Å²) in [7, 11) is 1.70. The lowest BCUT2D eigenvalue weighted by molar-refractivity contribution is -0.193. The average Bonchev–Trinajstić information content (AvgIpc) is 3.56. The molecule has 0 bridgehead atoms. The molecule has 1 saturated heterocycles. The Morgan fingerprint density at radius 1 is 1.06 bits per heavy atom. The predicted octanol–water partition coefficient (Wildman–Crippen LogP) is 4.90. The number of imidazole rings is 1. The average molecular weight is 686 g/mol. The molecule has 3 aromatic rings. The molecule has 0 aliphatic carbocycles. The van der Waals surface area contributed by atoms with E-state index in [2.05, 4.69) is 41.3 Å². The fourth-order valence-electron chi connectivity index (χ4n) is 4.67. The lowest BCUT2D eigenvalue weighted by atomic mass is 9.86. The van der Waals surface area contributed by atoms with Gasteiger partial charge in [0.05, 0.1) is 24.0 Å². The number of alkyl halides is 6. The number of aryl methyl sites for hydroxylation is 1. The number of rotatable bonds is 8. The first-order chi connectivity index (χ1) is 22.4. The van der Waals surface area contributed by atoms with Crippen molar-refractivity contribution in [3.8, 4) is 6.07 Å². The van der Waals surface area contributed by atoms with Crippen LogP contribution in [-0.2, 0) is 25.5 Å². The normalized spacial score (nSPS) is 16.8. The van der Waals surface area contributed by atoms with Crippen LogP contribution in [0.25, 0.3) is 0 Å². The number of H-pyrrole nitrogens is 1. The Labute approximate surface area is 271 Å². The van der Waals surface area contributed by atoms with Gasteiger partial charge in [-0.2, -0.15) is 31.6 Å². The molecule has 1 aromatic heterocycles. The molecule has 2 aromatic carbocycles. The van der Waals surface area contributed by atoms with E-state index in [9.17, 15) is 31.1 Å². The van der Waals surface area contributed by atoms with Gasteiger partial charge in [0.25, 0.3) is 0 Å². The van der Waals surface area contributed by atoms with Crippen LogP contribution in [0.4, 0.5) is 32.0 Å². The number of nitrogens with one attached hydrogen (secondary N) is 2. The van der Waals surface area contributed by atoms with Crippen molar-refractivity contribution in [3.05, 3.63) is 82.9 Å². The molecule has 2 heterocycles. The van der Waals surface area contributed by atoms with Gasteiger partial charge in [0.1, 0.15) is 0 Å². The summed E-state index contributed by atoms with van der Waals surface area (Å²) < 4.78 is 68.8. The smallest absolute Gasteiger partial charge is 0.475 e. The molecular weight excluding hydrogens is 652 g/mol. The molecule has 4 N–H and O–H groups in total. The number of nitriles is 1. The maximum absolute atomic E-state index is 14.0. The second kappa shape index (κ2) is 17.3. The summed E-state index contributed by atoms with van der Waals surface area (Å²) in [5.74, 6) is -5.61. The molecule has 0 saturated carbocycles.